The van der Waals surface area contributed by atoms with Crippen LogP contribution >= 0.6 is 15.9 Å². The minimum atomic E-state index is -0.638. The molecule has 0 saturated heterocycles. The van der Waals surface area contributed by atoms with Gasteiger partial charge in [-0.3, -0.25) is 24.6 Å². The third-order valence-corrected chi connectivity index (χ3v) is 4.07. The summed E-state index contributed by atoms with van der Waals surface area (Å²) in [5.74, 6) is -1.07. The summed E-state index contributed by atoms with van der Waals surface area (Å²) in [6.45, 7) is 5.35. The second kappa shape index (κ2) is 6.03. The second-order valence-corrected chi connectivity index (χ2v) is 7.47. The minimum absolute atomic E-state index is 0.146. The molecule has 3 amide bonds. The highest BCUT2D eigenvalue weighted by Gasteiger charge is 2.42. The molecule has 1 N–H and O–H groups in total. The van der Waals surface area contributed by atoms with Gasteiger partial charge in [-0.1, -0.05) is 0 Å². The van der Waals surface area contributed by atoms with Gasteiger partial charge in [0.05, 0.1) is 15.6 Å². The number of nitrogens with one attached hydrogen (secondary N) is 1. The highest BCUT2D eigenvalue weighted by Crippen LogP contribution is 2.29. The Hall–Kier alpha value is -2.61. The summed E-state index contributed by atoms with van der Waals surface area (Å²) < 4.78 is 0.689. The average Bonchev–Trinajstić information content (AvgIpc) is 2.80. The number of hydrogen-bond acceptors (Lipinski definition) is 5. The molecule has 3 rings (SSSR count). The molecule has 0 unspecified atom stereocenters. The molecule has 0 saturated carbocycles. The number of benzene rings is 1. The Morgan fingerprint density at radius 2 is 1.68 bits per heavy atom. The Bertz CT molecular complexity index is 888. The summed E-state index contributed by atoms with van der Waals surface area (Å²) >= 11 is 3.21. The van der Waals surface area contributed by atoms with Gasteiger partial charge in [0.15, 0.2) is 0 Å². The van der Waals surface area contributed by atoms with E-state index < -0.39 is 17.4 Å². The molecule has 8 heteroatoms. The fourth-order valence-electron chi connectivity index (χ4n) is 2.54. The molecular weight excluding hydrogens is 388 g/mol. The lowest BCUT2D eigenvalue weighted by Gasteiger charge is -2.29. The third-order valence-electron chi connectivity index (χ3n) is 3.67. The van der Waals surface area contributed by atoms with Gasteiger partial charge in [0, 0.05) is 23.5 Å². The number of amides is 3. The predicted molar refractivity (Wildman–Crippen MR) is 94.4 cm³/mol. The van der Waals surface area contributed by atoms with Crippen LogP contribution in [0.4, 0.5) is 5.95 Å². The highest BCUT2D eigenvalue weighted by molar-refractivity contribution is 9.10. The smallest absolute Gasteiger partial charge is 0.262 e. The number of nitrogens with zero attached hydrogens (tertiary/aromatic N) is 3. The van der Waals surface area contributed by atoms with Crippen molar-refractivity contribution >= 4 is 39.6 Å². The number of hydrogen-bond donors (Lipinski definition) is 1. The number of rotatable bonds is 2. The van der Waals surface area contributed by atoms with E-state index in [2.05, 4.69) is 31.2 Å². The van der Waals surface area contributed by atoms with E-state index in [0.717, 1.165) is 0 Å². The SMILES string of the molecule is CC(C)(C)N1C(=O)c2ccc(C(=O)Nc3ncc(Br)cn3)cc2C1=O. The molecule has 0 aliphatic carbocycles. The second-order valence-electron chi connectivity index (χ2n) is 6.56. The van der Waals surface area contributed by atoms with Gasteiger partial charge in [0.2, 0.25) is 5.95 Å². The van der Waals surface area contributed by atoms with Crippen molar-refractivity contribution in [2.24, 2.45) is 0 Å². The lowest BCUT2D eigenvalue weighted by molar-refractivity contribution is 0.0507. The van der Waals surface area contributed by atoms with E-state index in [-0.39, 0.29) is 23.0 Å². The van der Waals surface area contributed by atoms with Crippen molar-refractivity contribution in [1.82, 2.24) is 14.9 Å². The number of anilines is 1. The first-order valence-corrected chi connectivity index (χ1v) is 8.29. The summed E-state index contributed by atoms with van der Waals surface area (Å²) in [6, 6.07) is 4.43. The molecule has 1 aromatic carbocycles. The van der Waals surface area contributed by atoms with Gasteiger partial charge >= 0.3 is 0 Å². The van der Waals surface area contributed by atoms with Crippen molar-refractivity contribution in [3.8, 4) is 0 Å². The molecule has 0 atom stereocenters. The summed E-state index contributed by atoms with van der Waals surface area (Å²) in [4.78, 5) is 46.5. The highest BCUT2D eigenvalue weighted by atomic mass is 79.9. The van der Waals surface area contributed by atoms with E-state index in [4.69, 9.17) is 0 Å². The number of aromatic nitrogens is 2. The fraction of sp³-hybridized carbons (Fsp3) is 0.235. The molecule has 2 aromatic rings. The number of carbonyl (C=O) groups is 3. The summed E-state index contributed by atoms with van der Waals surface area (Å²) in [5.41, 5.74) is 0.142. The largest absolute Gasteiger partial charge is 0.290 e. The standard InChI is InChI=1S/C17H15BrN4O3/c1-17(2,3)22-14(24)11-5-4-9(6-12(11)15(22)25)13(23)21-16-19-7-10(18)8-20-16/h4-8H,1-3H3,(H,19,20,21,23). The molecule has 128 valence electrons. The molecular formula is C17H15BrN4O3. The maximum atomic E-state index is 12.6. The van der Waals surface area contributed by atoms with E-state index in [9.17, 15) is 14.4 Å². The Labute approximate surface area is 152 Å². The van der Waals surface area contributed by atoms with Gasteiger partial charge in [-0.15, -0.1) is 0 Å². The third kappa shape index (κ3) is 3.17. The Morgan fingerprint density at radius 3 is 2.28 bits per heavy atom. The fourth-order valence-corrected chi connectivity index (χ4v) is 2.75. The van der Waals surface area contributed by atoms with Crippen molar-refractivity contribution in [3.63, 3.8) is 0 Å². The predicted octanol–water partition coefficient (Wildman–Crippen LogP) is 2.89. The summed E-state index contributed by atoms with van der Waals surface area (Å²) in [5, 5.41) is 2.55. The van der Waals surface area contributed by atoms with Gasteiger partial charge in [0.25, 0.3) is 17.7 Å². The molecule has 1 aliphatic rings. The van der Waals surface area contributed by atoms with Crippen LogP contribution in [-0.4, -0.2) is 38.1 Å². The van der Waals surface area contributed by atoms with Crippen molar-refractivity contribution < 1.29 is 14.4 Å². The van der Waals surface area contributed by atoms with Crippen molar-refractivity contribution in [3.05, 3.63) is 51.8 Å². The zero-order valence-electron chi connectivity index (χ0n) is 13.8. The molecule has 7 nitrogen and oxygen atoms in total. The van der Waals surface area contributed by atoms with Gasteiger partial charge in [-0.05, 0) is 54.9 Å². The normalized spacial score (nSPS) is 13.8. The minimum Gasteiger partial charge on any atom is -0.290 e. The maximum absolute atomic E-state index is 12.6. The van der Waals surface area contributed by atoms with Crippen LogP contribution in [0.2, 0.25) is 0 Å². The molecule has 1 aromatic heterocycles. The van der Waals surface area contributed by atoms with Crippen LogP contribution in [-0.2, 0) is 0 Å². The monoisotopic (exact) mass is 402 g/mol. The van der Waals surface area contributed by atoms with E-state index in [1.54, 1.807) is 20.8 Å². The Balaban J connectivity index is 1.89. The van der Waals surface area contributed by atoms with Crippen molar-refractivity contribution in [1.29, 1.82) is 0 Å². The first kappa shape index (κ1) is 17.2. The zero-order valence-corrected chi connectivity index (χ0v) is 15.4. The quantitative estimate of drug-likeness (QED) is 0.779. The molecule has 1 aliphatic heterocycles. The lowest BCUT2D eigenvalue weighted by Crippen LogP contribution is -2.45. The van der Waals surface area contributed by atoms with Gasteiger partial charge in [0.1, 0.15) is 0 Å². The number of carbonyl (C=O) groups excluding carboxylic acids is 3. The number of imide groups is 1. The molecule has 25 heavy (non-hydrogen) atoms. The van der Waals surface area contributed by atoms with Crippen LogP contribution in [0.3, 0.4) is 0 Å². The van der Waals surface area contributed by atoms with E-state index in [1.165, 1.54) is 35.5 Å². The van der Waals surface area contributed by atoms with E-state index in [0.29, 0.717) is 10.0 Å². The molecule has 0 spiro atoms. The van der Waals surface area contributed by atoms with Crippen molar-refractivity contribution in [2.75, 3.05) is 5.32 Å². The first-order chi connectivity index (χ1) is 11.7. The van der Waals surface area contributed by atoms with E-state index in [1.807, 2.05) is 0 Å². The van der Waals surface area contributed by atoms with Crippen LogP contribution in [0, 0.1) is 0 Å². The Kier molecular flexibility index (Phi) is 4.16. The van der Waals surface area contributed by atoms with Gasteiger partial charge < -0.3 is 0 Å². The van der Waals surface area contributed by atoms with Gasteiger partial charge in [-0.2, -0.15) is 0 Å². The maximum Gasteiger partial charge on any atom is 0.262 e. The van der Waals surface area contributed by atoms with Crippen LogP contribution in [0.15, 0.2) is 35.1 Å². The topological polar surface area (TPSA) is 92.3 Å². The molecule has 0 fully saturated rings. The number of fused-ring (bicyclic) bond motifs is 1. The zero-order chi connectivity index (χ0) is 18.4. The Morgan fingerprint density at radius 1 is 1.08 bits per heavy atom. The average molecular weight is 403 g/mol. The van der Waals surface area contributed by atoms with Crippen LogP contribution in [0.25, 0.3) is 0 Å². The van der Waals surface area contributed by atoms with E-state index >= 15 is 0 Å². The van der Waals surface area contributed by atoms with Crippen LogP contribution in [0.5, 0.6) is 0 Å². The molecule has 2 heterocycles. The lowest BCUT2D eigenvalue weighted by atomic mass is 10.1. The summed E-state index contributed by atoms with van der Waals surface area (Å²) in [7, 11) is 0. The first-order valence-electron chi connectivity index (χ1n) is 7.50. The van der Waals surface area contributed by atoms with Crippen LogP contribution < -0.4 is 5.32 Å². The number of halogens is 1. The van der Waals surface area contributed by atoms with Crippen molar-refractivity contribution in [2.45, 2.75) is 26.3 Å². The molecule has 0 radical (unpaired) electrons. The molecule has 0 bridgehead atoms. The van der Waals surface area contributed by atoms with Gasteiger partial charge in [-0.25, -0.2) is 9.97 Å². The van der Waals surface area contributed by atoms with Crippen LogP contribution in [0.1, 0.15) is 51.8 Å². The summed E-state index contributed by atoms with van der Waals surface area (Å²) in [6.07, 6.45) is 3.02.